The molecule has 0 aromatic heterocycles. The number of methoxy groups -OCH3 is 1. The van der Waals surface area contributed by atoms with Crippen LogP contribution in [-0.2, 0) is 0 Å². The minimum Gasteiger partial charge on any atom is -0.490 e. The summed E-state index contributed by atoms with van der Waals surface area (Å²) in [4.78, 5) is 32.9. The van der Waals surface area contributed by atoms with Crippen LogP contribution >= 0.6 is 0 Å². The van der Waals surface area contributed by atoms with Gasteiger partial charge in [-0.25, -0.2) is 5.43 Å². The van der Waals surface area contributed by atoms with Crippen molar-refractivity contribution in [1.29, 1.82) is 0 Å². The number of hydrogen-bond acceptors (Lipinski definition) is 7. The maximum atomic E-state index is 12.1. The van der Waals surface area contributed by atoms with Crippen molar-refractivity contribution in [3.8, 4) is 5.75 Å². The predicted octanol–water partition coefficient (Wildman–Crippen LogP) is 2.67. The molecule has 26 heavy (non-hydrogen) atoms. The first-order valence-electron chi connectivity index (χ1n) is 7.26. The summed E-state index contributed by atoms with van der Waals surface area (Å²) in [7, 11) is 1.32. The molecule has 2 aromatic carbocycles. The van der Waals surface area contributed by atoms with Gasteiger partial charge in [-0.05, 0) is 25.1 Å². The van der Waals surface area contributed by atoms with Gasteiger partial charge in [0, 0.05) is 17.7 Å². The van der Waals surface area contributed by atoms with Crippen LogP contribution in [0.15, 0.2) is 47.6 Å². The molecule has 2 aromatic rings. The fourth-order valence-corrected chi connectivity index (χ4v) is 2.14. The number of ether oxygens (including phenoxy) is 1. The normalized spacial score (nSPS) is 10.9. The van der Waals surface area contributed by atoms with Crippen LogP contribution in [0.4, 0.5) is 11.4 Å². The van der Waals surface area contributed by atoms with E-state index < -0.39 is 15.8 Å². The topological polar surface area (TPSA) is 137 Å². The van der Waals surface area contributed by atoms with E-state index in [0.29, 0.717) is 5.56 Å². The van der Waals surface area contributed by atoms with E-state index in [1.165, 1.54) is 50.4 Å². The third-order valence-corrected chi connectivity index (χ3v) is 3.46. The highest BCUT2D eigenvalue weighted by atomic mass is 16.6. The molecule has 134 valence electrons. The van der Waals surface area contributed by atoms with Crippen LogP contribution in [0.25, 0.3) is 0 Å². The monoisotopic (exact) mass is 358 g/mol. The Labute approximate surface area is 147 Å². The van der Waals surface area contributed by atoms with E-state index in [1.807, 2.05) is 0 Å². The van der Waals surface area contributed by atoms with E-state index in [9.17, 15) is 25.0 Å². The number of nitrogens with one attached hydrogen (secondary N) is 1. The van der Waals surface area contributed by atoms with Crippen molar-refractivity contribution in [1.82, 2.24) is 5.43 Å². The van der Waals surface area contributed by atoms with Crippen molar-refractivity contribution >= 4 is 23.0 Å². The van der Waals surface area contributed by atoms with Crippen molar-refractivity contribution in [2.45, 2.75) is 6.92 Å². The number of carbonyl (C=O) groups excluding carboxylic acids is 1. The number of para-hydroxylation sites is 1. The molecule has 0 unspecified atom stereocenters. The Morgan fingerprint density at radius 3 is 2.35 bits per heavy atom. The van der Waals surface area contributed by atoms with Crippen molar-refractivity contribution in [3.63, 3.8) is 0 Å². The second kappa shape index (κ2) is 7.83. The smallest absolute Gasteiger partial charge is 0.311 e. The Kier molecular flexibility index (Phi) is 5.58. The minimum absolute atomic E-state index is 0.0931. The Morgan fingerprint density at radius 1 is 1.08 bits per heavy atom. The molecule has 0 saturated carbocycles. The first-order valence-corrected chi connectivity index (χ1v) is 7.26. The summed E-state index contributed by atoms with van der Waals surface area (Å²) in [6, 6.07) is 9.66. The fourth-order valence-electron chi connectivity index (χ4n) is 2.14. The average molecular weight is 358 g/mol. The lowest BCUT2D eigenvalue weighted by atomic mass is 10.1. The SMILES string of the molecule is COc1ccc(/C(C)=N\NC(=O)c2ccccc2[N+](=O)[O-])cc1[N+](=O)[O-]. The number of nitro groups is 2. The molecular formula is C16H14N4O6. The summed E-state index contributed by atoms with van der Waals surface area (Å²) in [5, 5.41) is 25.9. The zero-order valence-electron chi connectivity index (χ0n) is 13.8. The van der Waals surface area contributed by atoms with Crippen molar-refractivity contribution in [2.75, 3.05) is 7.11 Å². The second-order valence-corrected chi connectivity index (χ2v) is 5.06. The van der Waals surface area contributed by atoms with Gasteiger partial charge in [-0.2, -0.15) is 5.10 Å². The van der Waals surface area contributed by atoms with Crippen molar-refractivity contribution in [2.24, 2.45) is 5.10 Å². The number of hydrazone groups is 1. The number of carbonyl (C=O) groups is 1. The summed E-state index contributed by atoms with van der Waals surface area (Å²) < 4.78 is 4.92. The summed E-state index contributed by atoms with van der Waals surface area (Å²) in [5.41, 5.74) is 2.14. The van der Waals surface area contributed by atoms with Crippen LogP contribution in [0.5, 0.6) is 5.75 Å². The Balaban J connectivity index is 2.26. The van der Waals surface area contributed by atoms with E-state index in [1.54, 1.807) is 6.07 Å². The molecule has 1 amide bonds. The average Bonchev–Trinajstić information content (AvgIpc) is 2.65. The van der Waals surface area contributed by atoms with Crippen LogP contribution < -0.4 is 10.2 Å². The molecule has 0 bridgehead atoms. The zero-order chi connectivity index (χ0) is 19.3. The summed E-state index contributed by atoms with van der Waals surface area (Å²) in [6.45, 7) is 1.53. The molecule has 0 saturated heterocycles. The second-order valence-electron chi connectivity index (χ2n) is 5.06. The number of rotatable bonds is 6. The van der Waals surface area contributed by atoms with Gasteiger partial charge < -0.3 is 4.74 Å². The zero-order valence-corrected chi connectivity index (χ0v) is 13.8. The molecule has 1 N–H and O–H groups in total. The summed E-state index contributed by atoms with van der Waals surface area (Å²) >= 11 is 0. The van der Waals surface area contributed by atoms with E-state index in [0.717, 1.165) is 0 Å². The molecule has 0 radical (unpaired) electrons. The number of nitrogens with zero attached hydrogens (tertiary/aromatic N) is 3. The molecule has 0 spiro atoms. The predicted molar refractivity (Wildman–Crippen MR) is 92.4 cm³/mol. The minimum atomic E-state index is -0.764. The molecule has 0 aliphatic heterocycles. The molecule has 0 heterocycles. The van der Waals surface area contributed by atoms with Gasteiger partial charge in [0.15, 0.2) is 5.75 Å². The fraction of sp³-hybridized carbons (Fsp3) is 0.125. The lowest BCUT2D eigenvalue weighted by molar-refractivity contribution is -0.385. The van der Waals surface area contributed by atoms with Crippen molar-refractivity contribution in [3.05, 3.63) is 73.8 Å². The summed E-state index contributed by atoms with van der Waals surface area (Å²) in [5.74, 6) is -0.671. The number of amides is 1. The van der Waals surface area contributed by atoms with Crippen LogP contribution in [-0.4, -0.2) is 28.6 Å². The van der Waals surface area contributed by atoms with Crippen LogP contribution in [0.1, 0.15) is 22.8 Å². The maximum absolute atomic E-state index is 12.1. The maximum Gasteiger partial charge on any atom is 0.311 e. The number of hydrogen-bond donors (Lipinski definition) is 1. The van der Waals surface area contributed by atoms with Gasteiger partial charge in [0.25, 0.3) is 11.6 Å². The quantitative estimate of drug-likeness (QED) is 0.479. The number of nitro benzene ring substituents is 2. The molecule has 0 aliphatic carbocycles. The molecule has 10 heteroatoms. The van der Waals surface area contributed by atoms with Gasteiger partial charge in [-0.1, -0.05) is 12.1 Å². The van der Waals surface area contributed by atoms with Gasteiger partial charge in [-0.15, -0.1) is 0 Å². The van der Waals surface area contributed by atoms with Gasteiger partial charge in [-0.3, -0.25) is 25.0 Å². The third-order valence-electron chi connectivity index (χ3n) is 3.46. The molecule has 0 fully saturated rings. The Morgan fingerprint density at radius 2 is 1.73 bits per heavy atom. The molecule has 2 rings (SSSR count). The third kappa shape index (κ3) is 3.98. The lowest BCUT2D eigenvalue weighted by Crippen LogP contribution is -2.20. The van der Waals surface area contributed by atoms with E-state index in [2.05, 4.69) is 10.5 Å². The highest BCUT2D eigenvalue weighted by molar-refractivity contribution is 6.02. The molecule has 0 aliphatic rings. The van der Waals surface area contributed by atoms with Crippen LogP contribution in [0.2, 0.25) is 0 Å². The van der Waals surface area contributed by atoms with Gasteiger partial charge in [0.2, 0.25) is 0 Å². The van der Waals surface area contributed by atoms with Gasteiger partial charge in [0.1, 0.15) is 5.56 Å². The molecule has 10 nitrogen and oxygen atoms in total. The number of benzene rings is 2. The Bertz CT molecular complexity index is 909. The molecule has 0 atom stereocenters. The standard InChI is InChI=1S/C16H14N4O6/c1-10(11-7-8-15(26-2)14(9-11)20(24)25)17-18-16(21)12-5-3-4-6-13(12)19(22)23/h3-9H,1-2H3,(H,18,21)/b17-10-. The summed E-state index contributed by atoms with van der Waals surface area (Å²) in [6.07, 6.45) is 0. The first-order chi connectivity index (χ1) is 12.3. The van der Waals surface area contributed by atoms with E-state index in [-0.39, 0.29) is 28.4 Å². The van der Waals surface area contributed by atoms with Gasteiger partial charge >= 0.3 is 5.69 Å². The first kappa shape index (κ1) is 18.5. The molecular weight excluding hydrogens is 344 g/mol. The van der Waals surface area contributed by atoms with Gasteiger partial charge in [0.05, 0.1) is 22.7 Å². The van der Waals surface area contributed by atoms with Crippen LogP contribution in [0, 0.1) is 20.2 Å². The van der Waals surface area contributed by atoms with Crippen molar-refractivity contribution < 1.29 is 19.4 Å². The van der Waals surface area contributed by atoms with E-state index in [4.69, 9.17) is 4.74 Å². The largest absolute Gasteiger partial charge is 0.490 e. The highest BCUT2D eigenvalue weighted by Crippen LogP contribution is 2.27. The lowest BCUT2D eigenvalue weighted by Gasteiger charge is -2.06. The van der Waals surface area contributed by atoms with Crippen LogP contribution in [0.3, 0.4) is 0 Å². The van der Waals surface area contributed by atoms with E-state index >= 15 is 0 Å². The Hall–Kier alpha value is -3.82. The highest BCUT2D eigenvalue weighted by Gasteiger charge is 2.19.